The van der Waals surface area contributed by atoms with Crippen molar-refractivity contribution in [1.82, 2.24) is 0 Å². The van der Waals surface area contributed by atoms with E-state index in [2.05, 4.69) is 9.47 Å². The number of aryl methyl sites for hydroxylation is 2. The summed E-state index contributed by atoms with van der Waals surface area (Å²) in [6.45, 7) is 0. The number of Topliss-reactive ketones (excluding diaryl/α,β-unsaturated/α-hetero) is 2. The number of methoxy groups -OCH3 is 2. The fraction of sp³-hybridized carbons (Fsp3) is 0.500. The van der Waals surface area contributed by atoms with Gasteiger partial charge in [-0.1, -0.05) is 80.6 Å². The lowest BCUT2D eigenvalue weighted by molar-refractivity contribution is -0.141. The molecule has 0 saturated carbocycles. The molecule has 2 aromatic carbocycles. The summed E-state index contributed by atoms with van der Waals surface area (Å²) in [4.78, 5) is 46.7. The lowest BCUT2D eigenvalue weighted by atomic mass is 10.00. The van der Waals surface area contributed by atoms with Gasteiger partial charge < -0.3 is 9.47 Å². The minimum atomic E-state index is -0.360. The first-order valence-electron chi connectivity index (χ1n) is 13.8. The molecule has 0 spiro atoms. The van der Waals surface area contributed by atoms with Gasteiger partial charge in [-0.15, -0.1) is 0 Å². The third-order valence-electron chi connectivity index (χ3n) is 6.78. The Balaban J connectivity index is 1.51. The molecule has 0 bridgehead atoms. The number of ether oxygens (including phenoxy) is 2. The van der Waals surface area contributed by atoms with Gasteiger partial charge in [0.1, 0.15) is 0 Å². The number of esters is 2. The number of hydrogen-bond acceptors (Lipinski definition) is 6. The summed E-state index contributed by atoms with van der Waals surface area (Å²) in [7, 11) is 2.69. The largest absolute Gasteiger partial charge is 0.469 e. The third-order valence-corrected chi connectivity index (χ3v) is 6.78. The molecule has 0 aliphatic carbocycles. The molecule has 0 radical (unpaired) electrons. The molecule has 206 valence electrons. The molecule has 38 heavy (non-hydrogen) atoms. The zero-order valence-corrected chi connectivity index (χ0v) is 23.0. The number of carbonyl (C=O) groups is 4. The Bertz CT molecular complexity index is 1010. The topological polar surface area (TPSA) is 86.7 Å². The zero-order valence-electron chi connectivity index (χ0n) is 23.0. The van der Waals surface area contributed by atoms with Gasteiger partial charge in [0, 0.05) is 30.4 Å². The Labute approximate surface area is 227 Å². The lowest BCUT2D eigenvalue weighted by Crippen LogP contribution is -2.06. The normalized spacial score (nSPS) is 10.7. The molecule has 0 unspecified atom stereocenters. The van der Waals surface area contributed by atoms with Gasteiger partial charge in [0.15, 0.2) is 11.6 Å². The molecule has 2 rings (SSSR count). The third kappa shape index (κ3) is 12.3. The molecule has 0 aromatic heterocycles. The quantitative estimate of drug-likeness (QED) is 0.114. The van der Waals surface area contributed by atoms with Crippen molar-refractivity contribution in [2.24, 2.45) is 0 Å². The van der Waals surface area contributed by atoms with Crippen molar-refractivity contribution in [2.45, 2.75) is 89.9 Å². The summed E-state index contributed by atoms with van der Waals surface area (Å²) < 4.78 is 9.18. The molecule has 0 aliphatic rings. The Kier molecular flexibility index (Phi) is 14.7. The molecule has 2 aromatic rings. The van der Waals surface area contributed by atoms with E-state index in [-0.39, 0.29) is 42.8 Å². The van der Waals surface area contributed by atoms with Gasteiger partial charge >= 0.3 is 11.9 Å². The van der Waals surface area contributed by atoms with E-state index in [9.17, 15) is 19.2 Å². The minimum Gasteiger partial charge on any atom is -0.469 e. The second kappa shape index (κ2) is 18.1. The highest BCUT2D eigenvalue weighted by Crippen LogP contribution is 2.15. The molecule has 0 saturated heterocycles. The summed E-state index contributed by atoms with van der Waals surface area (Å²) >= 11 is 0. The van der Waals surface area contributed by atoms with E-state index in [1.165, 1.54) is 57.5 Å². The lowest BCUT2D eigenvalue weighted by Gasteiger charge is -2.06. The van der Waals surface area contributed by atoms with Crippen LogP contribution in [0, 0.1) is 0 Å². The second-order valence-electron chi connectivity index (χ2n) is 9.72. The van der Waals surface area contributed by atoms with E-state index in [1.807, 2.05) is 48.5 Å². The molecule has 6 nitrogen and oxygen atoms in total. The van der Waals surface area contributed by atoms with Gasteiger partial charge in [0.2, 0.25) is 0 Å². The van der Waals surface area contributed by atoms with E-state index < -0.39 is 0 Å². The monoisotopic (exact) mass is 522 g/mol. The maximum atomic E-state index is 12.2. The number of carbonyl (C=O) groups excluding carboxylic acids is 4. The highest BCUT2D eigenvalue weighted by atomic mass is 16.5. The fourth-order valence-electron chi connectivity index (χ4n) is 4.36. The van der Waals surface area contributed by atoms with Gasteiger partial charge in [-0.05, 0) is 43.2 Å². The molecule has 0 fully saturated rings. The Morgan fingerprint density at radius 1 is 0.474 bits per heavy atom. The first-order chi connectivity index (χ1) is 18.4. The van der Waals surface area contributed by atoms with Crippen molar-refractivity contribution in [3.8, 4) is 0 Å². The molecular formula is C32H42O6. The van der Waals surface area contributed by atoms with Crippen LogP contribution in [-0.4, -0.2) is 37.7 Å². The predicted molar refractivity (Wildman–Crippen MR) is 148 cm³/mol. The van der Waals surface area contributed by atoms with Crippen molar-refractivity contribution in [3.63, 3.8) is 0 Å². The van der Waals surface area contributed by atoms with Crippen LogP contribution in [0.3, 0.4) is 0 Å². The van der Waals surface area contributed by atoms with Crippen LogP contribution < -0.4 is 0 Å². The van der Waals surface area contributed by atoms with Crippen LogP contribution in [0.2, 0.25) is 0 Å². The highest BCUT2D eigenvalue weighted by Gasteiger charge is 2.10. The van der Waals surface area contributed by atoms with E-state index >= 15 is 0 Å². The van der Waals surface area contributed by atoms with Crippen LogP contribution in [0.25, 0.3) is 0 Å². The highest BCUT2D eigenvalue weighted by molar-refractivity contribution is 5.97. The second-order valence-corrected chi connectivity index (χ2v) is 9.72. The van der Waals surface area contributed by atoms with E-state index in [4.69, 9.17) is 0 Å². The number of benzene rings is 2. The molecule has 0 amide bonds. The first kappa shape index (κ1) is 30.9. The first-order valence-corrected chi connectivity index (χ1v) is 13.8. The summed E-state index contributed by atoms with van der Waals surface area (Å²) in [5.41, 5.74) is 3.85. The summed E-state index contributed by atoms with van der Waals surface area (Å²) in [6.07, 6.45) is 11.9. The number of unbranched alkanes of at least 4 members (excludes halogenated alkanes) is 6. The Morgan fingerprint density at radius 2 is 0.868 bits per heavy atom. The average Bonchev–Trinajstić information content (AvgIpc) is 2.95. The summed E-state index contributed by atoms with van der Waals surface area (Å²) in [5, 5.41) is 0. The SMILES string of the molecule is COC(=O)CCCC(=O)c1ccc(CCCCCCCCCc2ccc(C(=O)CCC(=O)OC)cc2)cc1. The number of hydrogen-bond donors (Lipinski definition) is 0. The average molecular weight is 523 g/mol. The van der Waals surface area contributed by atoms with Gasteiger partial charge in [0.05, 0.1) is 20.6 Å². The molecule has 0 aliphatic heterocycles. The van der Waals surface area contributed by atoms with Crippen molar-refractivity contribution in [3.05, 3.63) is 70.8 Å². The molecule has 0 heterocycles. The Hall–Kier alpha value is -3.28. The maximum absolute atomic E-state index is 12.2. The van der Waals surface area contributed by atoms with E-state index in [0.29, 0.717) is 24.0 Å². The van der Waals surface area contributed by atoms with Crippen molar-refractivity contribution >= 4 is 23.5 Å². The van der Waals surface area contributed by atoms with Crippen LogP contribution in [0.1, 0.15) is 109 Å². The molecular weight excluding hydrogens is 480 g/mol. The van der Waals surface area contributed by atoms with Gasteiger partial charge in [-0.3, -0.25) is 19.2 Å². The van der Waals surface area contributed by atoms with Crippen molar-refractivity contribution in [2.75, 3.05) is 14.2 Å². The Morgan fingerprint density at radius 3 is 1.32 bits per heavy atom. The van der Waals surface area contributed by atoms with E-state index in [0.717, 1.165) is 25.7 Å². The van der Waals surface area contributed by atoms with Crippen LogP contribution in [0.4, 0.5) is 0 Å². The summed E-state index contributed by atoms with van der Waals surface area (Å²) in [6, 6.07) is 15.6. The molecule has 0 N–H and O–H groups in total. The fourth-order valence-corrected chi connectivity index (χ4v) is 4.36. The molecule has 6 heteroatoms. The van der Waals surface area contributed by atoms with Crippen LogP contribution >= 0.6 is 0 Å². The minimum absolute atomic E-state index is 0.0295. The smallest absolute Gasteiger partial charge is 0.305 e. The summed E-state index contributed by atoms with van der Waals surface area (Å²) in [5.74, 6) is -0.597. The van der Waals surface area contributed by atoms with Gasteiger partial charge in [0.25, 0.3) is 0 Å². The van der Waals surface area contributed by atoms with Crippen molar-refractivity contribution in [1.29, 1.82) is 0 Å². The standard InChI is InChI=1S/C32H42O6/c1-37-31(35)14-10-13-29(33)27-19-15-25(16-20-27)11-8-6-4-3-5-7-9-12-26-17-21-28(22-18-26)30(34)23-24-32(36)38-2/h15-22H,3-14,23-24H2,1-2H3. The number of ketones is 2. The maximum Gasteiger partial charge on any atom is 0.305 e. The van der Waals surface area contributed by atoms with Crippen LogP contribution in [0.15, 0.2) is 48.5 Å². The zero-order chi connectivity index (χ0) is 27.6. The van der Waals surface area contributed by atoms with Crippen molar-refractivity contribution < 1.29 is 28.7 Å². The number of rotatable bonds is 19. The molecule has 0 atom stereocenters. The van der Waals surface area contributed by atoms with Gasteiger partial charge in [-0.25, -0.2) is 0 Å². The predicted octanol–water partition coefficient (Wildman–Crippen LogP) is 6.86. The van der Waals surface area contributed by atoms with Crippen LogP contribution in [-0.2, 0) is 31.9 Å². The van der Waals surface area contributed by atoms with E-state index in [1.54, 1.807) is 0 Å². The van der Waals surface area contributed by atoms with Crippen LogP contribution in [0.5, 0.6) is 0 Å². The van der Waals surface area contributed by atoms with Gasteiger partial charge in [-0.2, -0.15) is 0 Å².